The smallest absolute Gasteiger partial charge is 0.304 e. The lowest BCUT2D eigenvalue weighted by Crippen LogP contribution is -2.36. The first-order chi connectivity index (χ1) is 19.2. The van der Waals surface area contributed by atoms with Crippen LogP contribution in [0.25, 0.3) is 31.4 Å². The first-order valence-electron chi connectivity index (χ1n) is 12.5. The second-order valence-corrected chi connectivity index (χ2v) is 11.3. The molecule has 0 saturated carbocycles. The first-order valence-corrected chi connectivity index (χ1v) is 14.2. The van der Waals surface area contributed by atoms with E-state index in [0.717, 1.165) is 36.1 Å². The van der Waals surface area contributed by atoms with E-state index in [2.05, 4.69) is 5.43 Å². The summed E-state index contributed by atoms with van der Waals surface area (Å²) in [5, 5.41) is 12.5. The van der Waals surface area contributed by atoms with Gasteiger partial charge in [0, 0.05) is 29.6 Å². The molecular formula is C28H27N5O5S2. The van der Waals surface area contributed by atoms with Gasteiger partial charge in [-0.2, -0.15) is 5.01 Å². The minimum atomic E-state index is -0.818. The van der Waals surface area contributed by atoms with Crippen molar-refractivity contribution in [3.8, 4) is 26.9 Å². The van der Waals surface area contributed by atoms with Crippen LogP contribution in [0, 0.1) is 6.92 Å². The van der Waals surface area contributed by atoms with Crippen LogP contribution in [-0.2, 0) is 14.4 Å². The number of rotatable bonds is 11. The highest BCUT2D eigenvalue weighted by Crippen LogP contribution is 2.42. The highest BCUT2D eigenvalue weighted by Gasteiger charge is 2.30. The molecule has 2 amide bonds. The van der Waals surface area contributed by atoms with Gasteiger partial charge in [-0.05, 0) is 67.7 Å². The third-order valence-electron chi connectivity index (χ3n) is 6.42. The van der Waals surface area contributed by atoms with E-state index >= 15 is 0 Å². The molecule has 0 aliphatic carbocycles. The molecule has 4 heterocycles. The Labute approximate surface area is 238 Å². The molecule has 4 aromatic rings. The van der Waals surface area contributed by atoms with E-state index in [1.165, 1.54) is 28.7 Å². The Morgan fingerprint density at radius 2 is 1.90 bits per heavy atom. The summed E-state index contributed by atoms with van der Waals surface area (Å²) in [6.07, 6.45) is 1.40. The fourth-order valence-electron chi connectivity index (χ4n) is 4.23. The van der Waals surface area contributed by atoms with Gasteiger partial charge in [0.1, 0.15) is 17.2 Å². The third-order valence-corrected chi connectivity index (χ3v) is 8.52. The van der Waals surface area contributed by atoms with E-state index in [-0.39, 0.29) is 6.42 Å². The molecule has 1 aliphatic rings. The lowest BCUT2D eigenvalue weighted by Gasteiger charge is -2.17. The quantitative estimate of drug-likeness (QED) is 0.241. The Hall–Kier alpha value is -4.13. The normalized spacial score (nSPS) is 13.4. The standard InChI is InChI=1S/C28H27N5O5S2/c1-16-15-21(34)33(28(16)37)31-26-23-17(2)24(40-27(23)30-25(29-26)20-5-4-14-39-20)18-6-8-19(9-7-18)38-13-12-32(3)11-10-22(35)36/h4-9,14-15H,10-13H2,1-3H3,(H,35,36)(H,29,30,31). The van der Waals surface area contributed by atoms with E-state index in [1.54, 1.807) is 6.92 Å². The Kier molecular flexibility index (Phi) is 7.92. The maximum atomic E-state index is 12.6. The maximum absolute atomic E-state index is 12.6. The number of imide groups is 1. The fraction of sp³-hybridized carbons (Fsp3) is 0.250. The lowest BCUT2D eigenvalue weighted by atomic mass is 10.1. The summed E-state index contributed by atoms with van der Waals surface area (Å²) >= 11 is 3.02. The molecule has 0 saturated heterocycles. The summed E-state index contributed by atoms with van der Waals surface area (Å²) in [7, 11) is 1.86. The molecule has 0 radical (unpaired) electrons. The molecule has 2 N–H and O–H groups in total. The Morgan fingerprint density at radius 1 is 1.12 bits per heavy atom. The van der Waals surface area contributed by atoms with E-state index < -0.39 is 17.8 Å². The van der Waals surface area contributed by atoms with Gasteiger partial charge in [-0.15, -0.1) is 22.7 Å². The van der Waals surface area contributed by atoms with Gasteiger partial charge in [0.15, 0.2) is 11.6 Å². The zero-order valence-electron chi connectivity index (χ0n) is 22.1. The molecule has 12 heteroatoms. The second-order valence-electron chi connectivity index (χ2n) is 9.35. The largest absolute Gasteiger partial charge is 0.492 e. The van der Waals surface area contributed by atoms with E-state index in [4.69, 9.17) is 19.8 Å². The van der Waals surface area contributed by atoms with Crippen molar-refractivity contribution in [2.24, 2.45) is 0 Å². The molecule has 3 aromatic heterocycles. The number of carboxylic acids is 1. The van der Waals surface area contributed by atoms with Gasteiger partial charge >= 0.3 is 5.97 Å². The molecule has 0 unspecified atom stereocenters. The minimum Gasteiger partial charge on any atom is -0.492 e. The van der Waals surface area contributed by atoms with Crippen molar-refractivity contribution >= 4 is 56.5 Å². The van der Waals surface area contributed by atoms with Gasteiger partial charge < -0.3 is 14.7 Å². The number of benzene rings is 1. The van der Waals surface area contributed by atoms with Crippen LogP contribution in [-0.4, -0.2) is 69.5 Å². The molecule has 10 nitrogen and oxygen atoms in total. The maximum Gasteiger partial charge on any atom is 0.304 e. The van der Waals surface area contributed by atoms with Crippen molar-refractivity contribution in [2.45, 2.75) is 20.3 Å². The number of aliphatic carboxylic acids is 1. The first kappa shape index (κ1) is 27.4. The molecule has 206 valence electrons. The number of hydrogen-bond donors (Lipinski definition) is 2. The van der Waals surface area contributed by atoms with Crippen LogP contribution in [0.5, 0.6) is 5.75 Å². The number of ether oxygens (including phenoxy) is 1. The Bertz CT molecular complexity index is 1610. The summed E-state index contributed by atoms with van der Waals surface area (Å²) in [5.41, 5.74) is 5.23. The van der Waals surface area contributed by atoms with Crippen LogP contribution in [0.3, 0.4) is 0 Å². The molecule has 0 bridgehead atoms. The minimum absolute atomic E-state index is 0.0946. The number of aromatic nitrogens is 2. The summed E-state index contributed by atoms with van der Waals surface area (Å²) in [5.74, 6) is -0.0504. The number of anilines is 1. The molecular weight excluding hydrogens is 550 g/mol. The van der Waals surface area contributed by atoms with Crippen LogP contribution in [0.4, 0.5) is 5.82 Å². The molecule has 0 spiro atoms. The van der Waals surface area contributed by atoms with Crippen molar-refractivity contribution in [3.63, 3.8) is 0 Å². The van der Waals surface area contributed by atoms with Crippen molar-refractivity contribution < 1.29 is 24.2 Å². The fourth-order valence-corrected chi connectivity index (χ4v) is 6.07. The molecule has 0 atom stereocenters. The zero-order valence-corrected chi connectivity index (χ0v) is 23.8. The van der Waals surface area contributed by atoms with Crippen molar-refractivity contribution in [1.29, 1.82) is 0 Å². The van der Waals surface area contributed by atoms with Crippen LogP contribution < -0.4 is 10.2 Å². The van der Waals surface area contributed by atoms with Gasteiger partial charge in [0.05, 0.1) is 16.7 Å². The number of hydrogen-bond acceptors (Lipinski definition) is 10. The average Bonchev–Trinajstić information content (AvgIpc) is 3.64. The number of nitrogens with one attached hydrogen (secondary N) is 1. The summed E-state index contributed by atoms with van der Waals surface area (Å²) in [6, 6.07) is 11.6. The summed E-state index contributed by atoms with van der Waals surface area (Å²) in [6.45, 7) is 5.10. The van der Waals surface area contributed by atoms with E-state index in [9.17, 15) is 14.4 Å². The van der Waals surface area contributed by atoms with Gasteiger partial charge in [-0.25, -0.2) is 9.97 Å². The third kappa shape index (κ3) is 5.74. The van der Waals surface area contributed by atoms with Crippen LogP contribution in [0.1, 0.15) is 18.9 Å². The summed E-state index contributed by atoms with van der Waals surface area (Å²) < 4.78 is 5.85. The highest BCUT2D eigenvalue weighted by molar-refractivity contribution is 7.22. The number of hydrazine groups is 1. The molecule has 5 rings (SSSR count). The van der Waals surface area contributed by atoms with Crippen molar-refractivity contribution in [2.75, 3.05) is 32.2 Å². The number of fused-ring (bicyclic) bond motifs is 1. The van der Waals surface area contributed by atoms with Crippen molar-refractivity contribution in [3.05, 3.63) is 59.0 Å². The lowest BCUT2D eigenvalue weighted by molar-refractivity contribution is -0.138. The van der Waals surface area contributed by atoms with Gasteiger partial charge in [-0.3, -0.25) is 19.8 Å². The van der Waals surface area contributed by atoms with Crippen LogP contribution in [0.2, 0.25) is 0 Å². The van der Waals surface area contributed by atoms with E-state index in [1.807, 2.05) is 60.6 Å². The van der Waals surface area contributed by atoms with Gasteiger partial charge in [0.25, 0.3) is 11.8 Å². The molecule has 0 fully saturated rings. The monoisotopic (exact) mass is 577 g/mol. The van der Waals surface area contributed by atoms with Crippen LogP contribution in [0.15, 0.2) is 53.4 Å². The number of carbonyl (C=O) groups excluding carboxylic acids is 2. The van der Waals surface area contributed by atoms with Gasteiger partial charge in [0.2, 0.25) is 0 Å². The summed E-state index contributed by atoms with van der Waals surface area (Å²) in [4.78, 5) is 49.8. The number of likely N-dealkylation sites (N-methyl/N-ethyl adjacent to an activating group) is 1. The Balaban J connectivity index is 1.41. The second kappa shape index (κ2) is 11.5. The molecule has 40 heavy (non-hydrogen) atoms. The van der Waals surface area contributed by atoms with Gasteiger partial charge in [-0.1, -0.05) is 6.07 Å². The zero-order chi connectivity index (χ0) is 28.4. The van der Waals surface area contributed by atoms with E-state index in [0.29, 0.717) is 42.7 Å². The molecule has 1 aromatic carbocycles. The SMILES string of the molecule is CC1=CC(=O)N(Nc2nc(-c3cccs3)nc3sc(-c4ccc(OCCN(C)CCC(=O)O)cc4)c(C)c23)C1=O. The number of nitrogens with zero attached hydrogens (tertiary/aromatic N) is 4. The number of carboxylic acid groups (broad SMARTS) is 1. The van der Waals surface area contributed by atoms with Crippen LogP contribution >= 0.6 is 22.7 Å². The topological polar surface area (TPSA) is 125 Å². The molecule has 1 aliphatic heterocycles. The number of aryl methyl sites for hydroxylation is 1. The number of thiophene rings is 2. The Morgan fingerprint density at radius 3 is 2.55 bits per heavy atom. The highest BCUT2D eigenvalue weighted by atomic mass is 32.1. The average molecular weight is 578 g/mol. The predicted molar refractivity (Wildman–Crippen MR) is 155 cm³/mol. The predicted octanol–water partition coefficient (Wildman–Crippen LogP) is 4.82. The van der Waals surface area contributed by atoms with Crippen molar-refractivity contribution in [1.82, 2.24) is 19.9 Å². The number of amides is 2. The number of carbonyl (C=O) groups is 3.